The third-order valence-corrected chi connectivity index (χ3v) is 4.26. The molecule has 0 aromatic carbocycles. The minimum absolute atomic E-state index is 0.0288. The topological polar surface area (TPSA) is 64.9 Å². The smallest absolute Gasteiger partial charge is 0.229 e. The van der Waals surface area contributed by atoms with Crippen molar-refractivity contribution in [1.29, 1.82) is 0 Å². The summed E-state index contributed by atoms with van der Waals surface area (Å²) in [7, 11) is 0. The van der Waals surface area contributed by atoms with Crippen LogP contribution in [0.5, 0.6) is 0 Å². The molecule has 1 aromatic rings. The second-order valence-electron chi connectivity index (χ2n) is 6.76. The zero-order valence-electron chi connectivity index (χ0n) is 10.8. The first-order chi connectivity index (χ1) is 7.95. The van der Waals surface area contributed by atoms with Crippen LogP contribution in [-0.4, -0.2) is 10.1 Å². The third-order valence-electron chi connectivity index (χ3n) is 4.26. The first-order valence-electron chi connectivity index (χ1n) is 6.54. The Hall–Kier alpha value is -0.900. The predicted molar refractivity (Wildman–Crippen MR) is 64.3 cm³/mol. The number of hydrogen-bond donors (Lipinski definition) is 1. The van der Waals surface area contributed by atoms with Crippen molar-refractivity contribution >= 4 is 0 Å². The summed E-state index contributed by atoms with van der Waals surface area (Å²) in [5, 5.41) is 4.06. The minimum Gasteiger partial charge on any atom is -0.339 e. The second kappa shape index (κ2) is 3.55. The normalized spacial score (nSPS) is 33.5. The average molecular weight is 235 g/mol. The molecule has 4 heteroatoms. The van der Waals surface area contributed by atoms with Crippen molar-refractivity contribution in [1.82, 2.24) is 10.1 Å². The molecule has 2 saturated carbocycles. The highest BCUT2D eigenvalue weighted by atomic mass is 16.5. The van der Waals surface area contributed by atoms with Crippen LogP contribution >= 0.6 is 0 Å². The Morgan fingerprint density at radius 3 is 2.47 bits per heavy atom. The van der Waals surface area contributed by atoms with Crippen LogP contribution in [-0.2, 0) is 0 Å². The van der Waals surface area contributed by atoms with Gasteiger partial charge in [-0.05, 0) is 36.5 Å². The van der Waals surface area contributed by atoms with E-state index in [-0.39, 0.29) is 11.5 Å². The summed E-state index contributed by atoms with van der Waals surface area (Å²) in [6, 6.07) is -0.157. The van der Waals surface area contributed by atoms with Gasteiger partial charge in [-0.25, -0.2) is 0 Å². The molecule has 3 unspecified atom stereocenters. The fourth-order valence-electron chi connectivity index (χ4n) is 2.84. The van der Waals surface area contributed by atoms with E-state index in [0.717, 1.165) is 17.7 Å². The maximum Gasteiger partial charge on any atom is 0.229 e. The predicted octanol–water partition coefficient (Wildman–Crippen LogP) is 2.63. The number of rotatable bonds is 2. The van der Waals surface area contributed by atoms with Crippen LogP contribution in [0.2, 0.25) is 0 Å². The molecule has 1 aromatic heterocycles. The van der Waals surface area contributed by atoms with Gasteiger partial charge in [0, 0.05) is 5.92 Å². The Bertz CT molecular complexity index is 411. The van der Waals surface area contributed by atoms with Crippen molar-refractivity contribution < 1.29 is 4.52 Å². The van der Waals surface area contributed by atoms with Crippen molar-refractivity contribution in [2.45, 2.75) is 52.0 Å². The van der Waals surface area contributed by atoms with Crippen LogP contribution in [0, 0.1) is 17.3 Å². The molecule has 2 aliphatic rings. The average Bonchev–Trinajstić information content (AvgIpc) is 2.71. The SMILES string of the molecule is CC(C)(C)C(N)c1noc(C2CC3CC3C2)n1. The maximum atomic E-state index is 6.14. The molecule has 0 saturated heterocycles. The molecule has 0 amide bonds. The summed E-state index contributed by atoms with van der Waals surface area (Å²) in [5.41, 5.74) is 6.11. The number of hydrogen-bond acceptors (Lipinski definition) is 4. The molecule has 4 nitrogen and oxygen atoms in total. The Morgan fingerprint density at radius 1 is 1.24 bits per heavy atom. The maximum absolute atomic E-state index is 6.14. The van der Waals surface area contributed by atoms with Gasteiger partial charge in [-0.2, -0.15) is 4.98 Å². The molecule has 1 heterocycles. The van der Waals surface area contributed by atoms with E-state index >= 15 is 0 Å². The van der Waals surface area contributed by atoms with Gasteiger partial charge in [-0.15, -0.1) is 0 Å². The molecular weight excluding hydrogens is 214 g/mol. The number of fused-ring (bicyclic) bond motifs is 1. The lowest BCUT2D eigenvalue weighted by atomic mass is 9.87. The van der Waals surface area contributed by atoms with Gasteiger partial charge in [0.15, 0.2) is 5.82 Å². The Balaban J connectivity index is 1.74. The summed E-state index contributed by atoms with van der Waals surface area (Å²) in [4.78, 5) is 4.51. The van der Waals surface area contributed by atoms with Crippen molar-refractivity contribution in [2.24, 2.45) is 23.0 Å². The van der Waals surface area contributed by atoms with Gasteiger partial charge in [-0.3, -0.25) is 0 Å². The molecule has 2 N–H and O–H groups in total. The van der Waals surface area contributed by atoms with Gasteiger partial charge in [-0.1, -0.05) is 25.9 Å². The Kier molecular flexibility index (Phi) is 2.34. The summed E-state index contributed by atoms with van der Waals surface area (Å²) in [6.07, 6.45) is 3.88. The number of nitrogens with zero attached hydrogens (tertiary/aromatic N) is 2. The van der Waals surface area contributed by atoms with Crippen molar-refractivity contribution in [3.63, 3.8) is 0 Å². The molecule has 3 rings (SSSR count). The lowest BCUT2D eigenvalue weighted by molar-refractivity contribution is 0.297. The number of nitrogens with two attached hydrogens (primary N) is 1. The zero-order valence-corrected chi connectivity index (χ0v) is 10.8. The molecule has 3 atom stereocenters. The standard InChI is InChI=1S/C13H21N3O/c1-13(2,3)10(14)11-15-12(17-16-11)9-5-7-4-8(7)6-9/h7-10H,4-6,14H2,1-3H3. The van der Waals surface area contributed by atoms with Crippen LogP contribution in [0.3, 0.4) is 0 Å². The summed E-state index contributed by atoms with van der Waals surface area (Å²) in [6.45, 7) is 6.29. The van der Waals surface area contributed by atoms with Gasteiger partial charge < -0.3 is 10.3 Å². The molecule has 0 radical (unpaired) electrons. The molecule has 0 aliphatic heterocycles. The van der Waals surface area contributed by atoms with Crippen LogP contribution < -0.4 is 5.73 Å². The fourth-order valence-corrected chi connectivity index (χ4v) is 2.84. The van der Waals surface area contributed by atoms with E-state index in [1.807, 2.05) is 0 Å². The third kappa shape index (κ3) is 1.99. The summed E-state index contributed by atoms with van der Waals surface area (Å²) >= 11 is 0. The molecule has 0 bridgehead atoms. The van der Waals surface area contributed by atoms with E-state index in [0.29, 0.717) is 11.7 Å². The lowest BCUT2D eigenvalue weighted by Gasteiger charge is -2.23. The van der Waals surface area contributed by atoms with Gasteiger partial charge in [0.1, 0.15) is 0 Å². The lowest BCUT2D eigenvalue weighted by Crippen LogP contribution is -2.27. The quantitative estimate of drug-likeness (QED) is 0.855. The molecular formula is C13H21N3O. The van der Waals surface area contributed by atoms with Gasteiger partial charge in [0.2, 0.25) is 5.89 Å². The van der Waals surface area contributed by atoms with E-state index in [4.69, 9.17) is 10.3 Å². The Labute approximate surface area is 102 Å². The van der Waals surface area contributed by atoms with Gasteiger partial charge in [0.05, 0.1) is 6.04 Å². The first-order valence-corrected chi connectivity index (χ1v) is 6.54. The Morgan fingerprint density at radius 2 is 1.88 bits per heavy atom. The molecule has 17 heavy (non-hydrogen) atoms. The monoisotopic (exact) mass is 235 g/mol. The van der Waals surface area contributed by atoms with Crippen LogP contribution in [0.25, 0.3) is 0 Å². The van der Waals surface area contributed by atoms with Crippen molar-refractivity contribution in [2.75, 3.05) is 0 Å². The first kappa shape index (κ1) is 11.2. The molecule has 0 spiro atoms. The highest BCUT2D eigenvalue weighted by molar-refractivity contribution is 5.08. The van der Waals surface area contributed by atoms with E-state index in [9.17, 15) is 0 Å². The molecule has 2 fully saturated rings. The highest BCUT2D eigenvalue weighted by Crippen LogP contribution is 2.57. The van der Waals surface area contributed by atoms with Crippen molar-refractivity contribution in [3.8, 4) is 0 Å². The number of aromatic nitrogens is 2. The van der Waals surface area contributed by atoms with Gasteiger partial charge in [0.25, 0.3) is 0 Å². The fraction of sp³-hybridized carbons (Fsp3) is 0.846. The van der Waals surface area contributed by atoms with E-state index in [1.165, 1.54) is 19.3 Å². The largest absolute Gasteiger partial charge is 0.339 e. The van der Waals surface area contributed by atoms with E-state index in [2.05, 4.69) is 30.9 Å². The zero-order chi connectivity index (χ0) is 12.2. The second-order valence-corrected chi connectivity index (χ2v) is 6.76. The van der Waals surface area contributed by atoms with Crippen LogP contribution in [0.15, 0.2) is 4.52 Å². The summed E-state index contributed by atoms with van der Waals surface area (Å²) in [5.74, 6) is 3.84. The minimum atomic E-state index is -0.157. The molecule has 2 aliphatic carbocycles. The molecule has 94 valence electrons. The van der Waals surface area contributed by atoms with E-state index in [1.54, 1.807) is 0 Å². The van der Waals surface area contributed by atoms with Crippen LogP contribution in [0.1, 0.15) is 63.7 Å². The van der Waals surface area contributed by atoms with Gasteiger partial charge >= 0.3 is 0 Å². The van der Waals surface area contributed by atoms with E-state index < -0.39 is 0 Å². The van der Waals surface area contributed by atoms with Crippen LogP contribution in [0.4, 0.5) is 0 Å². The van der Waals surface area contributed by atoms with Crippen molar-refractivity contribution in [3.05, 3.63) is 11.7 Å². The summed E-state index contributed by atoms with van der Waals surface area (Å²) < 4.78 is 5.39. The highest BCUT2D eigenvalue weighted by Gasteiger charge is 2.48.